The number of hydrogen-bond acceptors (Lipinski definition) is 6. The Morgan fingerprint density at radius 1 is 1.10 bits per heavy atom. The summed E-state index contributed by atoms with van der Waals surface area (Å²) in [6.07, 6.45) is 8.29. The highest BCUT2D eigenvalue weighted by molar-refractivity contribution is 7.07. The fourth-order valence-corrected chi connectivity index (χ4v) is 4.29. The molecule has 0 saturated heterocycles. The molecule has 29 heavy (non-hydrogen) atoms. The quantitative estimate of drug-likeness (QED) is 0.472. The zero-order chi connectivity index (χ0) is 20.3. The Balaban J connectivity index is 0.00000300. The molecule has 1 saturated carbocycles. The number of benzene rings is 1. The number of nitrogens with zero attached hydrogens (tertiary/aromatic N) is 3. The van der Waals surface area contributed by atoms with E-state index in [1.807, 2.05) is 4.68 Å². The molecule has 1 aromatic heterocycles. The summed E-state index contributed by atoms with van der Waals surface area (Å²) in [4.78, 5) is 5.80. The van der Waals surface area contributed by atoms with Gasteiger partial charge in [0.25, 0.3) is 0 Å². The fraction of sp³-hybridized carbons (Fsp3) is 0.524. The molecular weight excluding hydrogens is 410 g/mol. The van der Waals surface area contributed by atoms with Crippen LogP contribution in [0.1, 0.15) is 64.1 Å². The maximum Gasteiger partial charge on any atom is 0.206 e. The van der Waals surface area contributed by atoms with Crippen molar-refractivity contribution in [2.24, 2.45) is 15.5 Å². The highest BCUT2D eigenvalue weighted by Crippen LogP contribution is 2.36. The Morgan fingerprint density at radius 2 is 1.79 bits per heavy atom. The first-order valence-corrected chi connectivity index (χ1v) is 10.6. The van der Waals surface area contributed by atoms with Gasteiger partial charge in [-0.1, -0.05) is 40.0 Å². The molecule has 3 rings (SSSR count). The number of thiazole rings is 1. The van der Waals surface area contributed by atoms with Gasteiger partial charge in [0.15, 0.2) is 11.5 Å². The molecule has 1 aliphatic carbocycles. The van der Waals surface area contributed by atoms with Crippen LogP contribution >= 0.6 is 23.7 Å². The summed E-state index contributed by atoms with van der Waals surface area (Å²) < 4.78 is 1.84. The van der Waals surface area contributed by atoms with Gasteiger partial charge in [-0.05, 0) is 36.8 Å². The smallest absolute Gasteiger partial charge is 0.206 e. The van der Waals surface area contributed by atoms with Crippen LogP contribution < -0.4 is 4.80 Å². The monoisotopic (exact) mass is 439 g/mol. The van der Waals surface area contributed by atoms with Crippen molar-refractivity contribution < 1.29 is 15.3 Å². The van der Waals surface area contributed by atoms with E-state index in [1.165, 1.54) is 37.6 Å². The Hall–Kier alpha value is -1.99. The van der Waals surface area contributed by atoms with Gasteiger partial charge in [-0.25, -0.2) is 4.68 Å². The fourth-order valence-electron chi connectivity index (χ4n) is 3.39. The average Bonchev–Trinajstić information content (AvgIpc) is 2.99. The summed E-state index contributed by atoms with van der Waals surface area (Å²) in [6.45, 7) is 6.54. The van der Waals surface area contributed by atoms with Crippen molar-refractivity contribution in [3.05, 3.63) is 33.6 Å². The van der Waals surface area contributed by atoms with Crippen LogP contribution in [-0.2, 0) is 6.42 Å². The van der Waals surface area contributed by atoms with Gasteiger partial charge in [0.1, 0.15) is 0 Å². The van der Waals surface area contributed by atoms with Gasteiger partial charge in [0.2, 0.25) is 10.6 Å². The first kappa shape index (κ1) is 23.3. The molecule has 1 aliphatic rings. The zero-order valence-electron chi connectivity index (χ0n) is 17.1. The second-order valence-corrected chi connectivity index (χ2v) is 9.43. The van der Waals surface area contributed by atoms with Crippen molar-refractivity contribution >= 4 is 30.0 Å². The summed E-state index contributed by atoms with van der Waals surface area (Å²) in [6, 6.07) is 3.18. The topological polar surface area (TPSA) is 90.3 Å². The van der Waals surface area contributed by atoms with Gasteiger partial charge in [0.05, 0.1) is 18.0 Å². The molecule has 2 aromatic rings. The largest absolute Gasteiger partial charge is 0.504 e. The second kappa shape index (κ2) is 9.67. The van der Waals surface area contributed by atoms with Crippen LogP contribution in [0.25, 0.3) is 0 Å². The van der Waals surface area contributed by atoms with Crippen LogP contribution in [0.4, 0.5) is 0 Å². The van der Waals surface area contributed by atoms with Crippen LogP contribution in [0.15, 0.2) is 27.6 Å². The van der Waals surface area contributed by atoms with Crippen LogP contribution in [0.3, 0.4) is 0 Å². The van der Waals surface area contributed by atoms with Crippen molar-refractivity contribution in [2.75, 3.05) is 0 Å². The van der Waals surface area contributed by atoms with E-state index in [0.717, 1.165) is 29.8 Å². The third-order valence-electron chi connectivity index (χ3n) is 4.81. The lowest BCUT2D eigenvalue weighted by Gasteiger charge is -2.18. The minimum atomic E-state index is -0.540. The van der Waals surface area contributed by atoms with Gasteiger partial charge in [-0.2, -0.15) is 5.10 Å². The van der Waals surface area contributed by atoms with Crippen molar-refractivity contribution in [1.29, 1.82) is 0 Å². The van der Waals surface area contributed by atoms with E-state index >= 15 is 0 Å². The Kier molecular flexibility index (Phi) is 7.77. The van der Waals surface area contributed by atoms with E-state index < -0.39 is 5.75 Å². The van der Waals surface area contributed by atoms with Crippen molar-refractivity contribution in [1.82, 2.24) is 4.68 Å². The number of phenolic OH excluding ortho intramolecular Hbond substituents is 3. The average molecular weight is 440 g/mol. The van der Waals surface area contributed by atoms with Gasteiger partial charge >= 0.3 is 0 Å². The Labute approximate surface area is 181 Å². The molecule has 1 fully saturated rings. The van der Waals surface area contributed by atoms with Crippen LogP contribution in [-0.4, -0.2) is 32.3 Å². The number of halogens is 1. The lowest BCUT2D eigenvalue weighted by molar-refractivity contribution is 0.367. The normalized spacial score (nSPS) is 16.3. The number of phenols is 3. The molecule has 3 N–H and O–H groups in total. The van der Waals surface area contributed by atoms with Gasteiger partial charge in [0, 0.05) is 10.9 Å². The summed E-state index contributed by atoms with van der Waals surface area (Å²) in [5, 5.41) is 36.0. The summed E-state index contributed by atoms with van der Waals surface area (Å²) in [5.41, 5.74) is 1.49. The lowest BCUT2D eigenvalue weighted by Crippen LogP contribution is -2.21. The first-order valence-electron chi connectivity index (χ1n) is 9.76. The van der Waals surface area contributed by atoms with E-state index in [4.69, 9.17) is 4.99 Å². The number of aromatic hydroxyl groups is 3. The van der Waals surface area contributed by atoms with E-state index in [1.54, 1.807) is 11.3 Å². The molecule has 1 aromatic carbocycles. The molecule has 0 radical (unpaired) electrons. The summed E-state index contributed by atoms with van der Waals surface area (Å²) in [5.74, 6) is -1.29. The third kappa shape index (κ3) is 6.00. The maximum absolute atomic E-state index is 10.1. The first-order chi connectivity index (χ1) is 13.2. The Bertz CT molecular complexity index is 922. The van der Waals surface area contributed by atoms with E-state index in [0.29, 0.717) is 11.6 Å². The molecule has 160 valence electrons. The number of hydrogen-bond donors (Lipinski definition) is 3. The standard InChI is InChI=1S/C21H29N3O3S.ClH/c1-21(2,3)11-16-13-28-20(23-15-7-5-4-6-8-15)24(16)22-12-14-9-10-17(25)19(27)18(14)26;/h9-10,12-13,15,25-27H,4-8,11H2,1-3H3;1H/b22-12+,23-20?;. The lowest BCUT2D eigenvalue weighted by atomic mass is 9.91. The summed E-state index contributed by atoms with van der Waals surface area (Å²) >= 11 is 1.59. The molecule has 0 atom stereocenters. The minimum Gasteiger partial charge on any atom is -0.504 e. The molecule has 6 nitrogen and oxygen atoms in total. The van der Waals surface area contributed by atoms with Crippen LogP contribution in [0.5, 0.6) is 17.2 Å². The van der Waals surface area contributed by atoms with Crippen LogP contribution in [0.2, 0.25) is 0 Å². The molecule has 0 bridgehead atoms. The van der Waals surface area contributed by atoms with Gasteiger partial charge < -0.3 is 15.3 Å². The molecule has 0 amide bonds. The molecule has 0 unspecified atom stereocenters. The number of aromatic nitrogens is 1. The molecular formula is C21H30ClN3O3S. The highest BCUT2D eigenvalue weighted by Gasteiger charge is 2.17. The summed E-state index contributed by atoms with van der Waals surface area (Å²) in [7, 11) is 0. The van der Waals surface area contributed by atoms with Crippen molar-refractivity contribution in [3.63, 3.8) is 0 Å². The maximum atomic E-state index is 10.1. The second-order valence-electron chi connectivity index (χ2n) is 8.60. The SMILES string of the molecule is CC(C)(C)Cc1csc(=NC2CCCCC2)n1/N=C/c1ccc(O)c(O)c1O.Cl. The molecule has 1 heterocycles. The number of rotatable bonds is 4. The third-order valence-corrected chi connectivity index (χ3v) is 5.69. The predicted octanol–water partition coefficient (Wildman–Crippen LogP) is 4.79. The van der Waals surface area contributed by atoms with Crippen molar-refractivity contribution in [2.45, 2.75) is 65.3 Å². The Morgan fingerprint density at radius 3 is 2.45 bits per heavy atom. The molecule has 0 spiro atoms. The van der Waals surface area contributed by atoms with E-state index in [-0.39, 0.29) is 29.3 Å². The molecule has 8 heteroatoms. The zero-order valence-corrected chi connectivity index (χ0v) is 18.8. The molecule has 0 aliphatic heterocycles. The predicted molar refractivity (Wildman–Crippen MR) is 120 cm³/mol. The van der Waals surface area contributed by atoms with Crippen LogP contribution in [0, 0.1) is 5.41 Å². The van der Waals surface area contributed by atoms with Gasteiger partial charge in [-0.3, -0.25) is 4.99 Å². The van der Waals surface area contributed by atoms with E-state index in [2.05, 4.69) is 31.3 Å². The van der Waals surface area contributed by atoms with Crippen molar-refractivity contribution in [3.8, 4) is 17.2 Å². The van der Waals surface area contributed by atoms with E-state index in [9.17, 15) is 15.3 Å². The van der Waals surface area contributed by atoms with Gasteiger partial charge in [-0.15, -0.1) is 23.7 Å². The minimum absolute atomic E-state index is 0. The highest BCUT2D eigenvalue weighted by atomic mass is 35.5.